The fourth-order valence-corrected chi connectivity index (χ4v) is 5.18. The lowest BCUT2D eigenvalue weighted by molar-refractivity contribution is 0.171. The van der Waals surface area contributed by atoms with Gasteiger partial charge in [-0.25, -0.2) is 0 Å². The molecule has 1 atom stereocenters. The van der Waals surface area contributed by atoms with Crippen LogP contribution in [0.15, 0.2) is 71.9 Å². The third kappa shape index (κ3) is 7.29. The predicted molar refractivity (Wildman–Crippen MR) is 165 cm³/mol. The number of fused-ring (bicyclic) bond motifs is 1. The first-order chi connectivity index (χ1) is 20.4. The van der Waals surface area contributed by atoms with Crippen molar-refractivity contribution in [1.29, 1.82) is 0 Å². The van der Waals surface area contributed by atoms with Crippen molar-refractivity contribution in [1.82, 2.24) is 10.3 Å². The summed E-state index contributed by atoms with van der Waals surface area (Å²) < 4.78 is 24.0. The summed E-state index contributed by atoms with van der Waals surface area (Å²) in [5, 5.41) is 18.9. The molecule has 0 amide bonds. The standard InChI is InChI=1S/C32H34ClN3O5S/c1-20(17-37)36-15-25-11-28(33)31(13-30(25)40-18-22-10-26(42-34)16-35-14-22)41-19-24-4-3-5-27(21(24)2)23-6-7-29-32(12-23)39-9-8-38-29/h3-7,10-14,16,20,36-37H,8-9,15,17-19,34H2,1-2H3. The molecule has 1 aliphatic heterocycles. The molecule has 0 fully saturated rings. The van der Waals surface area contributed by atoms with E-state index < -0.39 is 0 Å². The second-order valence-electron chi connectivity index (χ2n) is 10.0. The lowest BCUT2D eigenvalue weighted by atomic mass is 9.96. The molecule has 10 heteroatoms. The van der Waals surface area contributed by atoms with Crippen LogP contribution in [0.4, 0.5) is 0 Å². The van der Waals surface area contributed by atoms with Crippen LogP contribution in [0.3, 0.4) is 0 Å². The minimum atomic E-state index is -0.0838. The second-order valence-corrected chi connectivity index (χ2v) is 11.1. The van der Waals surface area contributed by atoms with Crippen LogP contribution in [0, 0.1) is 6.92 Å². The van der Waals surface area contributed by atoms with Gasteiger partial charge >= 0.3 is 0 Å². The van der Waals surface area contributed by atoms with Crippen molar-refractivity contribution >= 4 is 23.5 Å². The van der Waals surface area contributed by atoms with E-state index in [0.717, 1.165) is 61.7 Å². The smallest absolute Gasteiger partial charge is 0.161 e. The molecule has 0 saturated heterocycles. The third-order valence-corrected chi connectivity index (χ3v) is 7.80. The summed E-state index contributed by atoms with van der Waals surface area (Å²) >= 11 is 7.83. The van der Waals surface area contributed by atoms with Gasteiger partial charge in [0.05, 0.1) is 11.6 Å². The number of benzene rings is 3. The maximum atomic E-state index is 9.46. The van der Waals surface area contributed by atoms with Crippen LogP contribution >= 0.6 is 23.5 Å². The van der Waals surface area contributed by atoms with Crippen molar-refractivity contribution in [3.8, 4) is 34.1 Å². The van der Waals surface area contributed by atoms with Gasteiger partial charge in [-0.1, -0.05) is 35.9 Å². The molecule has 4 aromatic rings. The van der Waals surface area contributed by atoms with Crippen LogP contribution < -0.4 is 29.4 Å². The van der Waals surface area contributed by atoms with Gasteiger partial charge in [-0.15, -0.1) is 0 Å². The van der Waals surface area contributed by atoms with Gasteiger partial charge < -0.3 is 29.4 Å². The summed E-state index contributed by atoms with van der Waals surface area (Å²) in [4.78, 5) is 5.08. The van der Waals surface area contributed by atoms with E-state index in [-0.39, 0.29) is 12.6 Å². The maximum absolute atomic E-state index is 9.46. The number of ether oxygens (including phenoxy) is 4. The quantitative estimate of drug-likeness (QED) is 0.165. The van der Waals surface area contributed by atoms with Crippen molar-refractivity contribution < 1.29 is 24.1 Å². The Morgan fingerprint density at radius 1 is 1.00 bits per heavy atom. The minimum absolute atomic E-state index is 0.0189. The first kappa shape index (κ1) is 30.0. The average molecular weight is 608 g/mol. The van der Waals surface area contributed by atoms with Gasteiger partial charge in [-0.2, -0.15) is 0 Å². The number of hydrogen-bond donors (Lipinski definition) is 3. The zero-order chi connectivity index (χ0) is 29.5. The van der Waals surface area contributed by atoms with Gasteiger partial charge in [0.25, 0.3) is 0 Å². The lowest BCUT2D eigenvalue weighted by Crippen LogP contribution is -2.28. The van der Waals surface area contributed by atoms with Gasteiger partial charge in [0.15, 0.2) is 11.5 Å². The van der Waals surface area contributed by atoms with E-state index in [1.165, 1.54) is 0 Å². The van der Waals surface area contributed by atoms with E-state index in [1.807, 2.05) is 55.5 Å². The molecule has 0 radical (unpaired) electrons. The molecule has 0 spiro atoms. The SMILES string of the molecule is Cc1c(COc2cc(OCc3cncc(SN)c3)c(CNC(C)CO)cc2Cl)cccc1-c1ccc2c(c1)OCCO2. The summed E-state index contributed by atoms with van der Waals surface area (Å²) in [6.07, 6.45) is 3.45. The van der Waals surface area contributed by atoms with Gasteiger partial charge in [0.1, 0.15) is 37.9 Å². The Bertz CT molecular complexity index is 1540. The monoisotopic (exact) mass is 607 g/mol. The maximum Gasteiger partial charge on any atom is 0.161 e. The van der Waals surface area contributed by atoms with Crippen molar-refractivity contribution in [2.24, 2.45) is 5.14 Å². The number of aliphatic hydroxyl groups excluding tert-OH is 1. The minimum Gasteiger partial charge on any atom is -0.488 e. The first-order valence-corrected chi connectivity index (χ1v) is 14.9. The molecule has 3 aromatic carbocycles. The molecule has 5 rings (SSSR count). The Balaban J connectivity index is 1.36. The Hall–Kier alpha value is -3.47. The second kappa shape index (κ2) is 14.1. The highest BCUT2D eigenvalue weighted by atomic mass is 35.5. The molecule has 4 N–H and O–H groups in total. The van der Waals surface area contributed by atoms with Gasteiger partial charge in [-0.3, -0.25) is 10.1 Å². The molecule has 0 aliphatic carbocycles. The van der Waals surface area contributed by atoms with E-state index in [9.17, 15) is 5.11 Å². The molecule has 1 unspecified atom stereocenters. The summed E-state index contributed by atoms with van der Waals surface area (Å²) in [6, 6.07) is 17.7. The number of nitrogens with one attached hydrogen (secondary N) is 1. The average Bonchev–Trinajstić information content (AvgIpc) is 3.02. The Morgan fingerprint density at radius 2 is 1.81 bits per heavy atom. The Morgan fingerprint density at radius 3 is 2.62 bits per heavy atom. The number of aliphatic hydroxyl groups is 1. The van der Waals surface area contributed by atoms with E-state index in [2.05, 4.69) is 23.3 Å². The van der Waals surface area contributed by atoms with Crippen molar-refractivity contribution in [2.75, 3.05) is 19.8 Å². The summed E-state index contributed by atoms with van der Waals surface area (Å²) in [7, 11) is 0. The predicted octanol–water partition coefficient (Wildman–Crippen LogP) is 6.08. The summed E-state index contributed by atoms with van der Waals surface area (Å²) in [5.74, 6) is 2.66. The first-order valence-electron chi connectivity index (χ1n) is 13.7. The highest BCUT2D eigenvalue weighted by molar-refractivity contribution is 7.97. The number of hydrogen-bond acceptors (Lipinski definition) is 9. The molecule has 8 nitrogen and oxygen atoms in total. The molecule has 1 aromatic heterocycles. The van der Waals surface area contributed by atoms with Gasteiger partial charge in [0, 0.05) is 47.1 Å². The van der Waals surface area contributed by atoms with Crippen molar-refractivity contribution in [3.63, 3.8) is 0 Å². The van der Waals surface area contributed by atoms with Gasteiger partial charge in [-0.05, 0) is 72.3 Å². The molecular formula is C32H34ClN3O5S. The lowest BCUT2D eigenvalue weighted by Gasteiger charge is -2.20. The number of rotatable bonds is 12. The topological polar surface area (TPSA) is 108 Å². The number of pyridine rings is 1. The zero-order valence-electron chi connectivity index (χ0n) is 23.6. The van der Waals surface area contributed by atoms with Crippen molar-refractivity contribution in [3.05, 3.63) is 94.3 Å². The third-order valence-electron chi connectivity index (χ3n) is 7.01. The van der Waals surface area contributed by atoms with Crippen LogP contribution in [0.5, 0.6) is 23.0 Å². The van der Waals surface area contributed by atoms with Crippen LogP contribution in [-0.4, -0.2) is 36.0 Å². The highest BCUT2D eigenvalue weighted by Crippen LogP contribution is 2.37. The summed E-state index contributed by atoms with van der Waals surface area (Å²) in [6.45, 7) is 6.19. The molecular weight excluding hydrogens is 574 g/mol. The van der Waals surface area contributed by atoms with E-state index in [0.29, 0.717) is 49.5 Å². The molecule has 2 heterocycles. The highest BCUT2D eigenvalue weighted by Gasteiger charge is 2.16. The number of aromatic nitrogens is 1. The molecule has 0 bridgehead atoms. The largest absolute Gasteiger partial charge is 0.488 e. The van der Waals surface area contributed by atoms with Crippen LogP contribution in [0.1, 0.15) is 29.2 Å². The molecule has 220 valence electrons. The number of halogens is 1. The van der Waals surface area contributed by atoms with Gasteiger partial charge in [0.2, 0.25) is 0 Å². The van der Waals surface area contributed by atoms with Crippen LogP contribution in [-0.2, 0) is 19.8 Å². The fraction of sp³-hybridized carbons (Fsp3) is 0.281. The summed E-state index contributed by atoms with van der Waals surface area (Å²) in [5.41, 5.74) is 6.01. The normalized spacial score (nSPS) is 13.1. The van der Waals surface area contributed by atoms with E-state index >= 15 is 0 Å². The Kier molecular flexibility index (Phi) is 10.1. The van der Waals surface area contributed by atoms with Crippen LogP contribution in [0.25, 0.3) is 11.1 Å². The molecule has 42 heavy (non-hydrogen) atoms. The Labute approximate surface area is 255 Å². The van der Waals surface area contributed by atoms with E-state index in [1.54, 1.807) is 12.4 Å². The number of nitrogens with zero attached hydrogens (tertiary/aromatic N) is 1. The molecule has 0 saturated carbocycles. The fourth-order valence-electron chi connectivity index (χ4n) is 4.59. The zero-order valence-corrected chi connectivity index (χ0v) is 25.1. The van der Waals surface area contributed by atoms with Crippen LogP contribution in [0.2, 0.25) is 5.02 Å². The number of nitrogens with two attached hydrogens (primary N) is 1. The van der Waals surface area contributed by atoms with Crippen molar-refractivity contribution in [2.45, 2.75) is 44.5 Å². The molecule has 1 aliphatic rings. The van der Waals surface area contributed by atoms with E-state index in [4.69, 9.17) is 35.7 Å².